The first-order valence-corrected chi connectivity index (χ1v) is 6.60. The van der Waals surface area contributed by atoms with E-state index in [9.17, 15) is 18.9 Å². The summed E-state index contributed by atoms with van der Waals surface area (Å²) in [4.78, 5) is 9.79. The van der Waals surface area contributed by atoms with Gasteiger partial charge in [-0.25, -0.2) is 8.78 Å². The molecule has 4 nitrogen and oxygen atoms in total. The molecule has 0 aliphatic rings. The van der Waals surface area contributed by atoms with Gasteiger partial charge in [0.25, 0.3) is 5.69 Å². The zero-order valence-electron chi connectivity index (χ0n) is 9.98. The fourth-order valence-corrected chi connectivity index (χ4v) is 2.01. The number of halogens is 3. The molecule has 0 N–H and O–H groups in total. The van der Waals surface area contributed by atoms with Gasteiger partial charge in [-0.3, -0.25) is 10.1 Å². The van der Waals surface area contributed by atoms with Crippen molar-refractivity contribution < 1.29 is 18.4 Å². The predicted molar refractivity (Wildman–Crippen MR) is 72.2 cm³/mol. The van der Waals surface area contributed by atoms with Crippen LogP contribution in [-0.4, -0.2) is 4.92 Å². The Labute approximate surface area is 121 Å². The van der Waals surface area contributed by atoms with Crippen molar-refractivity contribution in [3.8, 4) is 11.5 Å². The van der Waals surface area contributed by atoms with E-state index in [1.807, 2.05) is 0 Å². The van der Waals surface area contributed by atoms with E-state index in [1.54, 1.807) is 6.07 Å². The Morgan fingerprint density at radius 3 is 2.55 bits per heavy atom. The third kappa shape index (κ3) is 2.93. The second-order valence-corrected chi connectivity index (χ2v) is 4.40. The van der Waals surface area contributed by atoms with Gasteiger partial charge >= 0.3 is 0 Å². The normalized spacial score (nSPS) is 10.3. The smallest absolute Gasteiger partial charge is 0.272 e. The molecule has 0 radical (unpaired) electrons. The molecule has 0 saturated carbocycles. The van der Waals surface area contributed by atoms with Crippen molar-refractivity contribution in [2.45, 2.75) is 5.33 Å². The summed E-state index contributed by atoms with van der Waals surface area (Å²) in [5.41, 5.74) is 0.104. The van der Waals surface area contributed by atoms with E-state index in [0.29, 0.717) is 10.9 Å². The van der Waals surface area contributed by atoms with E-state index in [4.69, 9.17) is 4.74 Å². The standard InChI is InChI=1S/C13H8BrF2NO3/c14-7-8-2-1-3-10(15)13(8)20-12-5-4-9(17(18)19)6-11(12)16/h1-6H,7H2. The molecule has 2 rings (SSSR count). The lowest BCUT2D eigenvalue weighted by molar-refractivity contribution is -0.385. The molecule has 0 fully saturated rings. The molecule has 20 heavy (non-hydrogen) atoms. The van der Waals surface area contributed by atoms with Crippen LogP contribution in [0.25, 0.3) is 0 Å². The minimum atomic E-state index is -0.928. The van der Waals surface area contributed by atoms with Crippen LogP contribution in [0.5, 0.6) is 11.5 Å². The van der Waals surface area contributed by atoms with Crippen LogP contribution >= 0.6 is 15.9 Å². The first-order chi connectivity index (χ1) is 9.52. The number of non-ortho nitro benzene ring substituents is 1. The molecule has 0 bridgehead atoms. The SMILES string of the molecule is O=[N+]([O-])c1ccc(Oc2c(F)cccc2CBr)c(F)c1. The molecule has 0 unspecified atom stereocenters. The largest absolute Gasteiger partial charge is 0.451 e. The Morgan fingerprint density at radius 1 is 1.20 bits per heavy atom. The van der Waals surface area contributed by atoms with Gasteiger partial charge in [0.15, 0.2) is 23.1 Å². The fraction of sp³-hybridized carbons (Fsp3) is 0.0769. The van der Waals surface area contributed by atoms with Crippen LogP contribution < -0.4 is 4.74 Å². The van der Waals surface area contributed by atoms with Gasteiger partial charge in [-0.2, -0.15) is 0 Å². The maximum atomic E-state index is 13.7. The molecule has 0 aromatic heterocycles. The van der Waals surface area contributed by atoms with E-state index in [2.05, 4.69) is 15.9 Å². The minimum absolute atomic E-state index is 0.114. The van der Waals surface area contributed by atoms with Crippen molar-refractivity contribution in [3.63, 3.8) is 0 Å². The zero-order chi connectivity index (χ0) is 14.7. The van der Waals surface area contributed by atoms with Crippen molar-refractivity contribution in [3.05, 3.63) is 63.7 Å². The second-order valence-electron chi connectivity index (χ2n) is 3.84. The molecule has 104 valence electrons. The number of benzene rings is 2. The summed E-state index contributed by atoms with van der Waals surface area (Å²) in [5, 5.41) is 10.8. The Hall–Kier alpha value is -2.02. The molecule has 0 heterocycles. The lowest BCUT2D eigenvalue weighted by Crippen LogP contribution is -1.96. The maximum absolute atomic E-state index is 13.7. The highest BCUT2D eigenvalue weighted by molar-refractivity contribution is 9.08. The number of ether oxygens (including phenoxy) is 1. The summed E-state index contributed by atoms with van der Waals surface area (Å²) in [5.74, 6) is -1.96. The van der Waals surface area contributed by atoms with Gasteiger partial charge in [0, 0.05) is 17.0 Å². The molecule has 0 aliphatic heterocycles. The Kier molecular flexibility index (Phi) is 4.29. The zero-order valence-corrected chi connectivity index (χ0v) is 11.6. The fourth-order valence-electron chi connectivity index (χ4n) is 1.57. The third-order valence-electron chi connectivity index (χ3n) is 2.53. The highest BCUT2D eigenvalue weighted by Gasteiger charge is 2.15. The Morgan fingerprint density at radius 2 is 1.95 bits per heavy atom. The first-order valence-electron chi connectivity index (χ1n) is 5.48. The lowest BCUT2D eigenvalue weighted by Gasteiger charge is -2.11. The first kappa shape index (κ1) is 14.4. The van der Waals surface area contributed by atoms with Crippen LogP contribution in [-0.2, 0) is 5.33 Å². The van der Waals surface area contributed by atoms with Gasteiger partial charge in [-0.15, -0.1) is 0 Å². The number of hydrogen-bond acceptors (Lipinski definition) is 3. The maximum Gasteiger partial charge on any atom is 0.272 e. The molecule has 0 spiro atoms. The van der Waals surface area contributed by atoms with Crippen LogP contribution in [0, 0.1) is 21.7 Å². The highest BCUT2D eigenvalue weighted by atomic mass is 79.9. The number of rotatable bonds is 4. The topological polar surface area (TPSA) is 52.4 Å². The van der Waals surface area contributed by atoms with Crippen molar-refractivity contribution in [1.82, 2.24) is 0 Å². The van der Waals surface area contributed by atoms with Crippen molar-refractivity contribution in [2.75, 3.05) is 0 Å². The molecule has 0 amide bonds. The molecule has 7 heteroatoms. The molecule has 0 saturated heterocycles. The second kappa shape index (κ2) is 5.96. The van der Waals surface area contributed by atoms with Gasteiger partial charge in [0.05, 0.1) is 11.0 Å². The number of hydrogen-bond donors (Lipinski definition) is 0. The Balaban J connectivity index is 2.38. The van der Waals surface area contributed by atoms with Gasteiger partial charge in [0.1, 0.15) is 0 Å². The summed E-state index contributed by atoms with van der Waals surface area (Å²) in [6, 6.07) is 7.22. The van der Waals surface area contributed by atoms with Crippen molar-refractivity contribution >= 4 is 21.6 Å². The van der Waals surface area contributed by atoms with E-state index in [0.717, 1.165) is 18.2 Å². The summed E-state index contributed by atoms with van der Waals surface area (Å²) >= 11 is 3.18. The summed E-state index contributed by atoms with van der Waals surface area (Å²) in [7, 11) is 0. The van der Waals surface area contributed by atoms with E-state index in [-0.39, 0.29) is 11.5 Å². The van der Waals surface area contributed by atoms with Gasteiger partial charge < -0.3 is 4.74 Å². The Bertz CT molecular complexity index is 664. The molecule has 0 aliphatic carbocycles. The number of nitro benzene ring substituents is 1. The average Bonchev–Trinajstić information content (AvgIpc) is 2.42. The summed E-state index contributed by atoms with van der Waals surface area (Å²) < 4.78 is 32.6. The van der Waals surface area contributed by atoms with Gasteiger partial charge in [-0.1, -0.05) is 28.1 Å². The van der Waals surface area contributed by atoms with E-state index < -0.39 is 22.2 Å². The molecule has 2 aromatic rings. The number of alkyl halides is 1. The average molecular weight is 344 g/mol. The number of nitrogens with zero attached hydrogens (tertiary/aromatic N) is 1. The molecular formula is C13H8BrF2NO3. The minimum Gasteiger partial charge on any atom is -0.451 e. The van der Waals surface area contributed by atoms with Crippen molar-refractivity contribution in [1.29, 1.82) is 0 Å². The van der Waals surface area contributed by atoms with E-state index in [1.165, 1.54) is 12.1 Å². The van der Waals surface area contributed by atoms with Gasteiger partial charge in [0.2, 0.25) is 0 Å². The number of para-hydroxylation sites is 1. The molecular weight excluding hydrogens is 336 g/mol. The van der Waals surface area contributed by atoms with Crippen LogP contribution in [0.4, 0.5) is 14.5 Å². The van der Waals surface area contributed by atoms with E-state index >= 15 is 0 Å². The third-order valence-corrected chi connectivity index (χ3v) is 3.13. The molecule has 2 aromatic carbocycles. The van der Waals surface area contributed by atoms with Crippen LogP contribution in [0.2, 0.25) is 0 Å². The summed E-state index contributed by atoms with van der Waals surface area (Å²) in [6.45, 7) is 0. The monoisotopic (exact) mass is 343 g/mol. The lowest BCUT2D eigenvalue weighted by atomic mass is 10.2. The van der Waals surface area contributed by atoms with Crippen molar-refractivity contribution in [2.24, 2.45) is 0 Å². The molecule has 0 atom stereocenters. The summed E-state index contributed by atoms with van der Waals surface area (Å²) in [6.07, 6.45) is 0. The van der Waals surface area contributed by atoms with Crippen LogP contribution in [0.15, 0.2) is 36.4 Å². The highest BCUT2D eigenvalue weighted by Crippen LogP contribution is 2.32. The quantitative estimate of drug-likeness (QED) is 0.464. The van der Waals surface area contributed by atoms with Gasteiger partial charge in [-0.05, 0) is 12.1 Å². The number of nitro groups is 1. The van der Waals surface area contributed by atoms with Crippen LogP contribution in [0.3, 0.4) is 0 Å². The predicted octanol–water partition coefficient (Wildman–Crippen LogP) is 4.56. The van der Waals surface area contributed by atoms with Crippen LogP contribution in [0.1, 0.15) is 5.56 Å².